The predicted molar refractivity (Wildman–Crippen MR) is 89.9 cm³/mol. The first kappa shape index (κ1) is 17.7. The van der Waals surface area contributed by atoms with Crippen molar-refractivity contribution < 1.29 is 17.6 Å². The number of nitrogens with zero attached hydrogens (tertiary/aromatic N) is 2. The molecule has 1 aromatic carbocycles. The molecule has 0 spiro atoms. The number of alkyl halides is 3. The van der Waals surface area contributed by atoms with Crippen LogP contribution < -0.4 is 11.2 Å². The molecule has 140 valence electrons. The highest BCUT2D eigenvalue weighted by molar-refractivity contribution is 6.29. The Morgan fingerprint density at radius 1 is 1.19 bits per heavy atom. The lowest BCUT2D eigenvalue weighted by molar-refractivity contribution is -0.160. The average molecular weight is 400 g/mol. The molecular formula is C17H10ClF4N3O2. The number of fused-ring (bicyclic) bond motifs is 1. The van der Waals surface area contributed by atoms with Crippen LogP contribution in [0, 0.1) is 5.82 Å². The molecule has 0 radical (unpaired) electrons. The largest absolute Gasteiger partial charge is 0.398 e. The number of H-pyrrole nitrogens is 1. The lowest BCUT2D eigenvalue weighted by atomic mass is 9.93. The number of para-hydroxylation sites is 1. The summed E-state index contributed by atoms with van der Waals surface area (Å²) in [5.41, 5.74) is -4.50. The molecule has 0 amide bonds. The van der Waals surface area contributed by atoms with Crippen molar-refractivity contribution in [1.82, 2.24) is 14.5 Å². The minimum atomic E-state index is -4.51. The van der Waals surface area contributed by atoms with Crippen molar-refractivity contribution in [2.75, 3.05) is 0 Å². The molecule has 1 N–H and O–H groups in total. The van der Waals surface area contributed by atoms with Gasteiger partial charge in [0.2, 0.25) is 0 Å². The third kappa shape index (κ3) is 2.56. The predicted octanol–water partition coefficient (Wildman–Crippen LogP) is 3.46. The molecule has 0 saturated heterocycles. The number of pyridine rings is 1. The SMILES string of the molecule is O=c1[nH]c(=O)n(-c2ccccc2C2(C(F)(F)F)CC2)c2nc(Cl)c(F)cc12. The zero-order valence-corrected chi connectivity index (χ0v) is 14.2. The summed E-state index contributed by atoms with van der Waals surface area (Å²) in [5, 5.41) is -0.904. The zero-order valence-electron chi connectivity index (χ0n) is 13.4. The van der Waals surface area contributed by atoms with Gasteiger partial charge in [-0.2, -0.15) is 13.2 Å². The highest BCUT2D eigenvalue weighted by Gasteiger charge is 2.65. The van der Waals surface area contributed by atoms with E-state index < -0.39 is 33.8 Å². The number of hydrogen-bond acceptors (Lipinski definition) is 3. The molecule has 1 saturated carbocycles. The minimum absolute atomic E-state index is 0.0891. The lowest BCUT2D eigenvalue weighted by Crippen LogP contribution is -2.34. The van der Waals surface area contributed by atoms with Gasteiger partial charge in [-0.05, 0) is 30.5 Å². The van der Waals surface area contributed by atoms with Crippen molar-refractivity contribution >= 4 is 22.6 Å². The first-order chi connectivity index (χ1) is 12.7. The van der Waals surface area contributed by atoms with Crippen molar-refractivity contribution in [3.63, 3.8) is 0 Å². The quantitative estimate of drug-likeness (QED) is 0.530. The van der Waals surface area contributed by atoms with E-state index in [-0.39, 0.29) is 35.1 Å². The van der Waals surface area contributed by atoms with Gasteiger partial charge in [-0.1, -0.05) is 29.8 Å². The number of benzene rings is 1. The smallest absolute Gasteiger partial charge is 0.273 e. The van der Waals surface area contributed by atoms with Crippen LogP contribution in [0.5, 0.6) is 0 Å². The molecule has 4 rings (SSSR count). The van der Waals surface area contributed by atoms with E-state index in [2.05, 4.69) is 4.98 Å². The van der Waals surface area contributed by atoms with E-state index in [1.54, 1.807) is 0 Å². The molecule has 1 aliphatic carbocycles. The minimum Gasteiger partial charge on any atom is -0.273 e. The van der Waals surface area contributed by atoms with Crippen LogP contribution in [0.25, 0.3) is 16.7 Å². The van der Waals surface area contributed by atoms with Gasteiger partial charge in [0.1, 0.15) is 0 Å². The van der Waals surface area contributed by atoms with Gasteiger partial charge in [0.25, 0.3) is 5.56 Å². The standard InChI is InChI=1S/C17H10ClF4N3O2/c18-12-10(19)7-8-13(23-12)25(15(27)24-14(8)26)11-4-2-1-3-9(11)16(5-6-16)17(20,21)22/h1-4,7H,5-6H2,(H,24,26,27). The molecule has 10 heteroatoms. The highest BCUT2D eigenvalue weighted by atomic mass is 35.5. The van der Waals surface area contributed by atoms with Crippen LogP contribution in [0.3, 0.4) is 0 Å². The van der Waals surface area contributed by atoms with Gasteiger partial charge in [-0.15, -0.1) is 0 Å². The van der Waals surface area contributed by atoms with Crippen molar-refractivity contribution in [2.24, 2.45) is 0 Å². The summed E-state index contributed by atoms with van der Waals surface area (Å²) in [6.45, 7) is 0. The Kier molecular flexibility index (Phi) is 3.71. The van der Waals surface area contributed by atoms with E-state index in [4.69, 9.17) is 11.6 Å². The van der Waals surface area contributed by atoms with Gasteiger partial charge in [0.15, 0.2) is 16.6 Å². The Hall–Kier alpha value is -2.68. The van der Waals surface area contributed by atoms with E-state index in [1.165, 1.54) is 24.3 Å². The van der Waals surface area contributed by atoms with Crippen molar-refractivity contribution in [1.29, 1.82) is 0 Å². The maximum atomic E-state index is 13.7. The Morgan fingerprint density at radius 2 is 1.85 bits per heavy atom. The Bertz CT molecular complexity index is 1200. The number of halogens is 5. The summed E-state index contributed by atoms with van der Waals surface area (Å²) in [6.07, 6.45) is -4.75. The van der Waals surface area contributed by atoms with E-state index in [0.29, 0.717) is 0 Å². The second-order valence-corrected chi connectivity index (χ2v) is 6.68. The lowest BCUT2D eigenvalue weighted by Gasteiger charge is -2.23. The molecule has 2 aromatic heterocycles. The summed E-state index contributed by atoms with van der Waals surface area (Å²) in [4.78, 5) is 30.2. The maximum Gasteiger partial charge on any atom is 0.398 e. The van der Waals surface area contributed by atoms with E-state index in [9.17, 15) is 27.2 Å². The molecule has 0 atom stereocenters. The van der Waals surface area contributed by atoms with Gasteiger partial charge in [0, 0.05) is 0 Å². The normalized spacial score (nSPS) is 15.9. The fourth-order valence-corrected chi connectivity index (χ4v) is 3.37. The molecule has 0 unspecified atom stereocenters. The van der Waals surface area contributed by atoms with E-state index in [0.717, 1.165) is 10.6 Å². The summed E-state index contributed by atoms with van der Waals surface area (Å²) in [6, 6.07) is 6.28. The van der Waals surface area contributed by atoms with Gasteiger partial charge in [0.05, 0.1) is 16.5 Å². The monoisotopic (exact) mass is 399 g/mol. The third-order valence-corrected chi connectivity index (χ3v) is 5.01. The molecule has 1 aliphatic rings. The van der Waals surface area contributed by atoms with Crippen molar-refractivity contribution in [2.45, 2.75) is 24.4 Å². The van der Waals surface area contributed by atoms with E-state index >= 15 is 0 Å². The highest BCUT2D eigenvalue weighted by Crippen LogP contribution is 2.60. The third-order valence-electron chi connectivity index (χ3n) is 4.75. The van der Waals surface area contributed by atoms with Crippen LogP contribution in [0.1, 0.15) is 18.4 Å². The molecule has 27 heavy (non-hydrogen) atoms. The van der Waals surface area contributed by atoms with Gasteiger partial charge >= 0.3 is 11.9 Å². The Morgan fingerprint density at radius 3 is 2.48 bits per heavy atom. The molecule has 0 aliphatic heterocycles. The molecule has 2 heterocycles. The molecular weight excluding hydrogens is 390 g/mol. The summed E-state index contributed by atoms with van der Waals surface area (Å²) in [5.74, 6) is -0.984. The van der Waals surface area contributed by atoms with Crippen LogP contribution in [0.2, 0.25) is 5.15 Å². The number of hydrogen-bond donors (Lipinski definition) is 1. The first-order valence-corrected chi connectivity index (χ1v) is 8.21. The summed E-state index contributed by atoms with van der Waals surface area (Å²) in [7, 11) is 0. The fourth-order valence-electron chi connectivity index (χ4n) is 3.24. The second-order valence-electron chi connectivity index (χ2n) is 6.32. The first-order valence-electron chi connectivity index (χ1n) is 7.83. The maximum absolute atomic E-state index is 13.7. The van der Waals surface area contributed by atoms with E-state index in [1.807, 2.05) is 4.98 Å². The van der Waals surface area contributed by atoms with Crippen LogP contribution >= 0.6 is 11.6 Å². The fraction of sp³-hybridized carbons (Fsp3) is 0.235. The van der Waals surface area contributed by atoms with Crippen LogP contribution in [-0.2, 0) is 5.41 Å². The molecule has 3 aromatic rings. The molecule has 1 fully saturated rings. The van der Waals surface area contributed by atoms with Crippen LogP contribution in [0.4, 0.5) is 17.6 Å². The van der Waals surface area contributed by atoms with Crippen molar-refractivity contribution in [3.05, 3.63) is 67.7 Å². The van der Waals surface area contributed by atoms with Gasteiger partial charge in [-0.25, -0.2) is 18.7 Å². The Labute approximate surface area is 153 Å². The number of nitrogens with one attached hydrogen (secondary N) is 1. The number of aromatic nitrogens is 3. The number of rotatable bonds is 2. The van der Waals surface area contributed by atoms with Crippen molar-refractivity contribution in [3.8, 4) is 5.69 Å². The average Bonchev–Trinajstić information content (AvgIpc) is 3.39. The van der Waals surface area contributed by atoms with Crippen LogP contribution in [0.15, 0.2) is 39.9 Å². The molecule has 5 nitrogen and oxygen atoms in total. The topological polar surface area (TPSA) is 67.8 Å². The summed E-state index contributed by atoms with van der Waals surface area (Å²) >= 11 is 5.67. The molecule has 0 bridgehead atoms. The zero-order chi connectivity index (χ0) is 19.6. The number of aromatic amines is 1. The van der Waals surface area contributed by atoms with Gasteiger partial charge < -0.3 is 0 Å². The van der Waals surface area contributed by atoms with Gasteiger partial charge in [-0.3, -0.25) is 9.78 Å². The van der Waals surface area contributed by atoms with Crippen LogP contribution in [-0.4, -0.2) is 20.7 Å². The second kappa shape index (κ2) is 5.66. The summed E-state index contributed by atoms with van der Waals surface area (Å²) < 4.78 is 55.5. The Balaban J connectivity index is 2.11.